The van der Waals surface area contributed by atoms with E-state index >= 15 is 0 Å². The number of rotatable bonds is 4. The van der Waals surface area contributed by atoms with Crippen LogP contribution in [0.2, 0.25) is 5.02 Å². The molecule has 0 aliphatic heterocycles. The minimum atomic E-state index is -4.74. The van der Waals surface area contributed by atoms with Crippen LogP contribution in [0.3, 0.4) is 0 Å². The molecule has 0 aliphatic carbocycles. The third-order valence-corrected chi connectivity index (χ3v) is 4.21. The molecule has 1 aromatic carbocycles. The standard InChI is InChI=1S/C16H12ClF4N5O2/c1-8(9-2-3-11(17)12(18)6-9)23-13(27)7-25-15(28)26-14(24-25)10(4-5-22-26)16(19,20)21/h2-6,8H,7H2,1H3,(H,23,27)/t8-/m0/s1. The van der Waals surface area contributed by atoms with Gasteiger partial charge in [0.15, 0.2) is 5.65 Å². The molecular formula is C16H12ClF4N5O2. The van der Waals surface area contributed by atoms with Gasteiger partial charge in [-0.15, -0.1) is 5.10 Å². The predicted octanol–water partition coefficient (Wildman–Crippen LogP) is 2.58. The Morgan fingerprint density at radius 3 is 2.68 bits per heavy atom. The topological polar surface area (TPSA) is 81.3 Å². The van der Waals surface area contributed by atoms with Gasteiger partial charge >= 0.3 is 11.9 Å². The molecule has 12 heteroatoms. The molecule has 0 fully saturated rings. The van der Waals surface area contributed by atoms with Crippen LogP contribution in [0.25, 0.3) is 5.65 Å². The van der Waals surface area contributed by atoms with Gasteiger partial charge in [-0.05, 0) is 30.7 Å². The van der Waals surface area contributed by atoms with Gasteiger partial charge in [-0.2, -0.15) is 22.8 Å². The summed E-state index contributed by atoms with van der Waals surface area (Å²) in [7, 11) is 0. The number of halogens is 5. The average Bonchev–Trinajstić information content (AvgIpc) is 2.92. The number of nitrogens with one attached hydrogen (secondary N) is 1. The summed E-state index contributed by atoms with van der Waals surface area (Å²) in [5.41, 5.74) is -2.44. The Labute approximate surface area is 159 Å². The first kappa shape index (κ1) is 19.8. The molecule has 3 aromatic rings. The molecule has 0 saturated carbocycles. The molecular weight excluding hydrogens is 406 g/mol. The Morgan fingerprint density at radius 1 is 1.32 bits per heavy atom. The van der Waals surface area contributed by atoms with E-state index in [1.807, 2.05) is 0 Å². The van der Waals surface area contributed by atoms with Crippen LogP contribution in [0, 0.1) is 5.82 Å². The van der Waals surface area contributed by atoms with E-state index in [4.69, 9.17) is 11.6 Å². The Morgan fingerprint density at radius 2 is 2.04 bits per heavy atom. The van der Waals surface area contributed by atoms with Crippen LogP contribution in [-0.2, 0) is 17.5 Å². The predicted molar refractivity (Wildman–Crippen MR) is 90.2 cm³/mol. The van der Waals surface area contributed by atoms with Crippen LogP contribution in [0.4, 0.5) is 17.6 Å². The third-order valence-electron chi connectivity index (χ3n) is 3.90. The Balaban J connectivity index is 1.82. The molecule has 148 valence electrons. The Bertz CT molecular complexity index is 1110. The molecule has 0 radical (unpaired) electrons. The van der Waals surface area contributed by atoms with E-state index in [9.17, 15) is 27.2 Å². The fourth-order valence-electron chi connectivity index (χ4n) is 2.53. The zero-order valence-electron chi connectivity index (χ0n) is 14.2. The van der Waals surface area contributed by atoms with Crippen molar-refractivity contribution in [2.24, 2.45) is 0 Å². The minimum absolute atomic E-state index is 0.0773. The molecule has 3 rings (SSSR count). The van der Waals surface area contributed by atoms with E-state index in [0.717, 1.165) is 12.3 Å². The van der Waals surface area contributed by atoms with Crippen molar-refractivity contribution in [3.8, 4) is 0 Å². The number of fused-ring (bicyclic) bond motifs is 1. The van der Waals surface area contributed by atoms with Gasteiger partial charge in [0.25, 0.3) is 0 Å². The van der Waals surface area contributed by atoms with E-state index in [1.54, 1.807) is 6.92 Å². The molecule has 0 unspecified atom stereocenters. The van der Waals surface area contributed by atoms with Crippen LogP contribution in [-0.4, -0.2) is 25.3 Å². The van der Waals surface area contributed by atoms with Crippen LogP contribution in [0.15, 0.2) is 35.3 Å². The van der Waals surface area contributed by atoms with Gasteiger partial charge in [-0.25, -0.2) is 13.9 Å². The quantitative estimate of drug-likeness (QED) is 0.662. The highest BCUT2D eigenvalue weighted by molar-refractivity contribution is 6.30. The number of amides is 1. The van der Waals surface area contributed by atoms with Crippen LogP contribution in [0.5, 0.6) is 0 Å². The molecule has 2 heterocycles. The van der Waals surface area contributed by atoms with E-state index < -0.39 is 47.4 Å². The lowest BCUT2D eigenvalue weighted by Crippen LogP contribution is -2.34. The summed E-state index contributed by atoms with van der Waals surface area (Å²) in [6, 6.07) is 4.02. The molecule has 28 heavy (non-hydrogen) atoms. The van der Waals surface area contributed by atoms with Crippen molar-refractivity contribution in [2.45, 2.75) is 25.7 Å². The largest absolute Gasteiger partial charge is 0.420 e. The molecule has 2 aromatic heterocycles. The van der Waals surface area contributed by atoms with Crippen molar-refractivity contribution >= 4 is 23.2 Å². The van der Waals surface area contributed by atoms with E-state index in [2.05, 4.69) is 15.5 Å². The number of aromatic nitrogens is 4. The Kier molecular flexibility index (Phi) is 5.11. The lowest BCUT2D eigenvalue weighted by atomic mass is 10.1. The first-order valence-electron chi connectivity index (χ1n) is 7.84. The highest BCUT2D eigenvalue weighted by Gasteiger charge is 2.35. The van der Waals surface area contributed by atoms with Gasteiger partial charge < -0.3 is 5.32 Å². The molecule has 0 aliphatic rings. The maximum absolute atomic E-state index is 13.5. The fraction of sp³-hybridized carbons (Fsp3) is 0.250. The van der Waals surface area contributed by atoms with Gasteiger partial charge in [0, 0.05) is 6.20 Å². The molecule has 0 spiro atoms. The van der Waals surface area contributed by atoms with Crippen molar-refractivity contribution in [2.75, 3.05) is 0 Å². The fourth-order valence-corrected chi connectivity index (χ4v) is 2.65. The first-order chi connectivity index (χ1) is 13.1. The second-order valence-corrected chi connectivity index (χ2v) is 6.29. The van der Waals surface area contributed by atoms with Crippen molar-refractivity contribution in [1.82, 2.24) is 24.7 Å². The SMILES string of the molecule is C[C@H](NC(=O)Cn1nc2c(C(F)(F)F)ccnn2c1=O)c1ccc(Cl)c(F)c1. The number of hydrogen-bond donors (Lipinski definition) is 1. The molecule has 1 amide bonds. The van der Waals surface area contributed by atoms with Gasteiger partial charge in [0.1, 0.15) is 17.9 Å². The number of benzene rings is 1. The van der Waals surface area contributed by atoms with Gasteiger partial charge in [0.05, 0.1) is 11.1 Å². The lowest BCUT2D eigenvalue weighted by Gasteiger charge is -2.14. The minimum Gasteiger partial charge on any atom is -0.348 e. The summed E-state index contributed by atoms with van der Waals surface area (Å²) in [6.07, 6.45) is -3.92. The smallest absolute Gasteiger partial charge is 0.348 e. The van der Waals surface area contributed by atoms with Crippen LogP contribution < -0.4 is 11.0 Å². The van der Waals surface area contributed by atoms with Gasteiger partial charge in [0.2, 0.25) is 5.91 Å². The number of carbonyl (C=O) groups is 1. The summed E-state index contributed by atoms with van der Waals surface area (Å²) in [6.45, 7) is 0.927. The summed E-state index contributed by atoms with van der Waals surface area (Å²) in [5.74, 6) is -1.37. The van der Waals surface area contributed by atoms with Crippen LogP contribution in [0.1, 0.15) is 24.1 Å². The molecule has 0 saturated heterocycles. The van der Waals surface area contributed by atoms with Crippen LogP contribution >= 0.6 is 11.6 Å². The number of carbonyl (C=O) groups excluding carboxylic acids is 1. The Hall–Kier alpha value is -2.95. The van der Waals surface area contributed by atoms with Crippen molar-refractivity contribution in [1.29, 1.82) is 0 Å². The summed E-state index contributed by atoms with van der Waals surface area (Å²) >= 11 is 5.60. The van der Waals surface area contributed by atoms with Crippen molar-refractivity contribution in [3.05, 3.63) is 62.9 Å². The first-order valence-corrected chi connectivity index (χ1v) is 8.22. The maximum atomic E-state index is 13.5. The highest BCUT2D eigenvalue weighted by atomic mass is 35.5. The number of alkyl halides is 3. The second kappa shape index (κ2) is 7.23. The molecule has 1 atom stereocenters. The average molecular weight is 418 g/mol. The third kappa shape index (κ3) is 3.84. The number of nitrogens with zero attached hydrogens (tertiary/aromatic N) is 4. The molecule has 0 bridgehead atoms. The highest BCUT2D eigenvalue weighted by Crippen LogP contribution is 2.30. The summed E-state index contributed by atoms with van der Waals surface area (Å²) in [5, 5.41) is 9.55. The monoisotopic (exact) mass is 417 g/mol. The zero-order valence-corrected chi connectivity index (χ0v) is 14.9. The summed E-state index contributed by atoms with van der Waals surface area (Å²) in [4.78, 5) is 24.3. The van der Waals surface area contributed by atoms with Crippen molar-refractivity contribution < 1.29 is 22.4 Å². The second-order valence-electron chi connectivity index (χ2n) is 5.88. The van der Waals surface area contributed by atoms with Gasteiger partial charge in [-0.3, -0.25) is 4.79 Å². The van der Waals surface area contributed by atoms with Crippen molar-refractivity contribution in [3.63, 3.8) is 0 Å². The van der Waals surface area contributed by atoms with E-state index in [0.29, 0.717) is 20.8 Å². The van der Waals surface area contributed by atoms with E-state index in [1.165, 1.54) is 12.1 Å². The normalized spacial score (nSPS) is 12.9. The zero-order chi connectivity index (χ0) is 20.6. The van der Waals surface area contributed by atoms with E-state index in [-0.39, 0.29) is 5.02 Å². The summed E-state index contributed by atoms with van der Waals surface area (Å²) < 4.78 is 53.7. The number of hydrogen-bond acceptors (Lipinski definition) is 4. The molecule has 1 N–H and O–H groups in total. The lowest BCUT2D eigenvalue weighted by molar-refractivity contribution is -0.136. The van der Waals surface area contributed by atoms with Gasteiger partial charge in [-0.1, -0.05) is 17.7 Å². The maximum Gasteiger partial charge on any atom is 0.420 e. The molecule has 7 nitrogen and oxygen atoms in total.